The number of piperidine rings is 1. The van der Waals surface area contributed by atoms with E-state index in [1.54, 1.807) is 4.90 Å². The maximum absolute atomic E-state index is 12.4. The van der Waals surface area contributed by atoms with Crippen LogP contribution < -0.4 is 10.2 Å². The third kappa shape index (κ3) is 4.66. The van der Waals surface area contributed by atoms with Crippen LogP contribution in [0.2, 0.25) is 0 Å². The van der Waals surface area contributed by atoms with E-state index in [9.17, 15) is 9.59 Å². The minimum Gasteiger partial charge on any atom is -0.388 e. The Morgan fingerprint density at radius 1 is 0.967 bits per heavy atom. The van der Waals surface area contributed by atoms with E-state index in [0.717, 1.165) is 31.5 Å². The highest BCUT2D eigenvalue weighted by atomic mass is 16.2. The van der Waals surface area contributed by atoms with Crippen LogP contribution in [0.15, 0.2) is 54.6 Å². The molecule has 2 heterocycles. The van der Waals surface area contributed by atoms with Crippen molar-refractivity contribution in [1.82, 2.24) is 4.90 Å². The van der Waals surface area contributed by atoms with Crippen molar-refractivity contribution >= 4 is 23.7 Å². The summed E-state index contributed by atoms with van der Waals surface area (Å²) in [6.07, 6.45) is 2.48. The summed E-state index contributed by atoms with van der Waals surface area (Å²) < 4.78 is 0. The number of nitrogens with one attached hydrogen (secondary N) is 1. The lowest BCUT2D eigenvalue weighted by Gasteiger charge is -2.52. The zero-order valence-electron chi connectivity index (χ0n) is 18.5. The van der Waals surface area contributed by atoms with Gasteiger partial charge in [-0.2, -0.15) is 0 Å². The van der Waals surface area contributed by atoms with Gasteiger partial charge in [0.05, 0.1) is 5.41 Å². The predicted molar refractivity (Wildman–Crippen MR) is 123 cm³/mol. The zero-order valence-corrected chi connectivity index (χ0v) is 18.5. The molecule has 2 aromatic rings. The second-order valence-corrected chi connectivity index (χ2v) is 9.23. The Kier molecular flexibility index (Phi) is 6.49. The largest absolute Gasteiger partial charge is 0.388 e. The van der Waals surface area contributed by atoms with Crippen molar-refractivity contribution in [2.75, 3.05) is 36.9 Å². The molecule has 2 amide bonds. The van der Waals surface area contributed by atoms with E-state index in [-0.39, 0.29) is 16.7 Å². The third-order valence-electron chi connectivity index (χ3n) is 6.17. The third-order valence-corrected chi connectivity index (χ3v) is 6.17. The Balaban J connectivity index is 0.000000187. The number of hydrogen-bond donors (Lipinski definition) is 1. The van der Waals surface area contributed by atoms with E-state index in [1.807, 2.05) is 42.3 Å². The smallest absolute Gasteiger partial charge is 0.235 e. The van der Waals surface area contributed by atoms with Gasteiger partial charge in [-0.25, -0.2) is 0 Å². The highest BCUT2D eigenvalue weighted by Gasteiger charge is 2.53. The molecule has 5 heteroatoms. The molecule has 2 fully saturated rings. The van der Waals surface area contributed by atoms with Crippen LogP contribution >= 0.6 is 0 Å². The summed E-state index contributed by atoms with van der Waals surface area (Å²) in [5, 5.41) is 3.11. The molecule has 160 valence electrons. The SMILES string of the molecule is CNc1ccc(C(C)(C)C)cc1.O=CN1CCC2(CC1)CN(c1ccccc1)C2=O. The molecular weight excluding hydrogens is 374 g/mol. The van der Waals surface area contributed by atoms with Crippen LogP contribution in [-0.4, -0.2) is 43.9 Å². The van der Waals surface area contributed by atoms with Gasteiger partial charge in [-0.1, -0.05) is 51.1 Å². The minimum atomic E-state index is -0.199. The maximum Gasteiger partial charge on any atom is 0.235 e. The second-order valence-electron chi connectivity index (χ2n) is 9.23. The van der Waals surface area contributed by atoms with Gasteiger partial charge in [0.25, 0.3) is 0 Å². The average Bonchev–Trinajstić information content (AvgIpc) is 2.78. The molecule has 2 aliphatic rings. The highest BCUT2D eigenvalue weighted by Crippen LogP contribution is 2.43. The van der Waals surface area contributed by atoms with E-state index in [2.05, 4.69) is 50.4 Å². The maximum atomic E-state index is 12.4. The first-order valence-electron chi connectivity index (χ1n) is 10.6. The number of nitrogens with zero attached hydrogens (tertiary/aromatic N) is 2. The molecule has 2 aliphatic heterocycles. The summed E-state index contributed by atoms with van der Waals surface area (Å²) in [6.45, 7) is 8.88. The second kappa shape index (κ2) is 8.90. The Labute approximate surface area is 180 Å². The number of carbonyl (C=O) groups is 2. The van der Waals surface area contributed by atoms with Gasteiger partial charge in [0.15, 0.2) is 0 Å². The van der Waals surface area contributed by atoms with E-state index in [4.69, 9.17) is 0 Å². The van der Waals surface area contributed by atoms with Crippen LogP contribution in [0.1, 0.15) is 39.2 Å². The average molecular weight is 408 g/mol. The molecule has 5 nitrogen and oxygen atoms in total. The Bertz CT molecular complexity index is 848. The predicted octanol–water partition coefficient (Wildman–Crippen LogP) is 4.30. The molecule has 1 spiro atoms. The molecule has 1 N–H and O–H groups in total. The van der Waals surface area contributed by atoms with Gasteiger partial charge < -0.3 is 15.1 Å². The Hall–Kier alpha value is -2.82. The topological polar surface area (TPSA) is 52.7 Å². The lowest BCUT2D eigenvalue weighted by molar-refractivity contribution is -0.140. The fraction of sp³-hybridized carbons (Fsp3) is 0.440. The van der Waals surface area contributed by atoms with E-state index in [0.29, 0.717) is 13.1 Å². The van der Waals surface area contributed by atoms with Gasteiger partial charge in [-0.15, -0.1) is 0 Å². The molecule has 0 saturated carbocycles. The molecule has 0 aromatic heterocycles. The summed E-state index contributed by atoms with van der Waals surface area (Å²) in [4.78, 5) is 26.6. The molecule has 0 aliphatic carbocycles. The first-order valence-corrected chi connectivity index (χ1v) is 10.6. The number of likely N-dealkylation sites (tertiary alicyclic amines) is 1. The minimum absolute atomic E-state index is 0.199. The number of amides is 2. The van der Waals surface area contributed by atoms with Crippen LogP contribution in [-0.2, 0) is 15.0 Å². The first-order chi connectivity index (χ1) is 14.3. The fourth-order valence-corrected chi connectivity index (χ4v) is 4.02. The van der Waals surface area contributed by atoms with Crippen molar-refractivity contribution in [1.29, 1.82) is 0 Å². The van der Waals surface area contributed by atoms with E-state index in [1.165, 1.54) is 11.3 Å². The van der Waals surface area contributed by atoms with Crippen molar-refractivity contribution in [2.45, 2.75) is 39.0 Å². The van der Waals surface area contributed by atoms with Gasteiger partial charge in [0, 0.05) is 38.1 Å². The Morgan fingerprint density at radius 3 is 2.03 bits per heavy atom. The van der Waals surface area contributed by atoms with Crippen molar-refractivity contribution in [3.8, 4) is 0 Å². The first kappa shape index (κ1) is 21.9. The molecule has 0 radical (unpaired) electrons. The molecule has 0 unspecified atom stereocenters. The highest BCUT2D eigenvalue weighted by molar-refractivity contribution is 6.04. The standard InChI is InChI=1S/C14H16N2O2.C11H17N/c17-11-15-8-6-14(7-9-15)10-16(13(14)18)12-4-2-1-3-5-12;1-11(2,3)9-5-7-10(12-4)8-6-9/h1-5,11H,6-10H2;5-8,12H,1-4H3. The fourth-order valence-electron chi connectivity index (χ4n) is 4.02. The normalized spacial score (nSPS) is 17.7. The van der Waals surface area contributed by atoms with Crippen molar-refractivity contribution in [3.05, 3.63) is 60.2 Å². The molecule has 0 atom stereocenters. The van der Waals surface area contributed by atoms with Crippen LogP contribution in [0, 0.1) is 5.41 Å². The number of carbonyl (C=O) groups excluding carboxylic acids is 2. The number of rotatable bonds is 3. The summed E-state index contributed by atoms with van der Waals surface area (Å²) in [6, 6.07) is 18.3. The monoisotopic (exact) mass is 407 g/mol. The lowest BCUT2D eigenvalue weighted by Crippen LogP contribution is -2.64. The van der Waals surface area contributed by atoms with Gasteiger partial charge in [-0.05, 0) is 48.1 Å². The van der Waals surface area contributed by atoms with Crippen molar-refractivity contribution in [3.63, 3.8) is 0 Å². The Morgan fingerprint density at radius 2 is 1.57 bits per heavy atom. The van der Waals surface area contributed by atoms with Crippen molar-refractivity contribution < 1.29 is 9.59 Å². The number of β-lactam (4-membered cyclic amide) rings is 1. The summed E-state index contributed by atoms with van der Waals surface area (Å²) >= 11 is 0. The quantitative estimate of drug-likeness (QED) is 0.610. The lowest BCUT2D eigenvalue weighted by atomic mass is 9.71. The van der Waals surface area contributed by atoms with Gasteiger partial charge in [-0.3, -0.25) is 9.59 Å². The number of benzene rings is 2. The molecule has 2 aromatic carbocycles. The summed E-state index contributed by atoms with van der Waals surface area (Å²) in [5.74, 6) is 0.222. The molecule has 4 rings (SSSR count). The van der Waals surface area contributed by atoms with Crippen LogP contribution in [0.5, 0.6) is 0 Å². The molecule has 2 saturated heterocycles. The van der Waals surface area contributed by atoms with Gasteiger partial charge in [0.2, 0.25) is 12.3 Å². The molecule has 30 heavy (non-hydrogen) atoms. The van der Waals surface area contributed by atoms with Crippen LogP contribution in [0.4, 0.5) is 11.4 Å². The zero-order chi connectivity index (χ0) is 21.8. The van der Waals surface area contributed by atoms with Crippen molar-refractivity contribution in [2.24, 2.45) is 5.41 Å². The van der Waals surface area contributed by atoms with Gasteiger partial charge in [0.1, 0.15) is 0 Å². The summed E-state index contributed by atoms with van der Waals surface area (Å²) in [7, 11) is 1.94. The van der Waals surface area contributed by atoms with Crippen LogP contribution in [0.25, 0.3) is 0 Å². The number of para-hydroxylation sites is 1. The molecule has 0 bridgehead atoms. The van der Waals surface area contributed by atoms with Gasteiger partial charge >= 0.3 is 0 Å². The van der Waals surface area contributed by atoms with E-state index >= 15 is 0 Å². The molecular formula is C25H33N3O2. The van der Waals surface area contributed by atoms with E-state index < -0.39 is 0 Å². The number of anilines is 2. The number of hydrogen-bond acceptors (Lipinski definition) is 3. The van der Waals surface area contributed by atoms with Crippen LogP contribution in [0.3, 0.4) is 0 Å². The summed E-state index contributed by atoms with van der Waals surface area (Å²) in [5.41, 5.74) is 3.58.